The van der Waals surface area contributed by atoms with Gasteiger partial charge >= 0.3 is 0 Å². The van der Waals surface area contributed by atoms with E-state index in [1.807, 2.05) is 0 Å². The van der Waals surface area contributed by atoms with Gasteiger partial charge in [0, 0.05) is 12.8 Å². The van der Waals surface area contributed by atoms with Crippen molar-refractivity contribution in [3.05, 3.63) is 23.8 Å². The average Bonchev–Trinajstić information content (AvgIpc) is 2.14. The molecular formula is C10H15NO3S. The van der Waals surface area contributed by atoms with E-state index in [-0.39, 0.29) is 12.4 Å². The van der Waals surface area contributed by atoms with Crippen LogP contribution in [0.1, 0.15) is 5.56 Å². The molecule has 15 heavy (non-hydrogen) atoms. The predicted molar refractivity (Wildman–Crippen MR) is 59.5 cm³/mol. The number of rotatable bonds is 4. The van der Waals surface area contributed by atoms with Crippen LogP contribution in [0.5, 0.6) is 0 Å². The first kappa shape index (κ1) is 12.0. The van der Waals surface area contributed by atoms with Gasteiger partial charge in [0.2, 0.25) is 0 Å². The van der Waals surface area contributed by atoms with Crippen molar-refractivity contribution in [3.63, 3.8) is 0 Å². The van der Waals surface area contributed by atoms with Gasteiger partial charge in [-0.05, 0) is 30.7 Å². The zero-order chi connectivity index (χ0) is 11.5. The Bertz CT molecular complexity index is 440. The number of methoxy groups -OCH3 is 1. The first-order valence-electron chi connectivity index (χ1n) is 4.55. The van der Waals surface area contributed by atoms with E-state index in [4.69, 9.17) is 10.5 Å². The lowest BCUT2D eigenvalue weighted by Crippen LogP contribution is -2.12. The second kappa shape index (κ2) is 4.63. The van der Waals surface area contributed by atoms with Crippen LogP contribution in [-0.4, -0.2) is 27.9 Å². The molecule has 2 N–H and O–H groups in total. The number of anilines is 1. The summed E-state index contributed by atoms with van der Waals surface area (Å²) in [7, 11) is -1.77. The summed E-state index contributed by atoms with van der Waals surface area (Å²) in [5.74, 6) is -0.00570. The van der Waals surface area contributed by atoms with Crippen molar-refractivity contribution in [1.29, 1.82) is 0 Å². The molecule has 5 heteroatoms. The molecule has 0 saturated heterocycles. The minimum Gasteiger partial charge on any atom is -0.399 e. The van der Waals surface area contributed by atoms with E-state index >= 15 is 0 Å². The molecule has 4 nitrogen and oxygen atoms in total. The standard InChI is InChI=1S/C10H15NO3S/c1-8-7-9(11)3-4-10(8)15(12,13)6-5-14-2/h3-4,7H,5-6,11H2,1-2H3. The van der Waals surface area contributed by atoms with E-state index in [1.54, 1.807) is 19.1 Å². The maximum Gasteiger partial charge on any atom is 0.180 e. The number of ether oxygens (including phenoxy) is 1. The third-order valence-corrected chi connectivity index (χ3v) is 3.92. The van der Waals surface area contributed by atoms with Crippen LogP contribution in [-0.2, 0) is 14.6 Å². The Hall–Kier alpha value is -1.07. The van der Waals surface area contributed by atoms with Crippen LogP contribution in [0.4, 0.5) is 5.69 Å². The number of sulfone groups is 1. The fourth-order valence-corrected chi connectivity index (χ4v) is 2.76. The number of nitrogens with two attached hydrogens (primary N) is 1. The average molecular weight is 229 g/mol. The molecule has 0 atom stereocenters. The summed E-state index contributed by atoms with van der Waals surface area (Å²) in [6, 6.07) is 4.78. The molecule has 0 spiro atoms. The number of nitrogen functional groups attached to an aromatic ring is 1. The SMILES string of the molecule is COCCS(=O)(=O)c1ccc(N)cc1C. The molecular weight excluding hydrogens is 214 g/mol. The normalized spacial score (nSPS) is 11.6. The van der Waals surface area contributed by atoms with Gasteiger partial charge in [-0.1, -0.05) is 0 Å². The number of hydrogen-bond acceptors (Lipinski definition) is 4. The molecule has 0 fully saturated rings. The Labute approximate surface area is 90.0 Å². The van der Waals surface area contributed by atoms with Gasteiger partial charge in [0.25, 0.3) is 0 Å². The summed E-state index contributed by atoms with van der Waals surface area (Å²) in [6.07, 6.45) is 0. The highest BCUT2D eigenvalue weighted by Gasteiger charge is 2.16. The molecule has 0 aliphatic carbocycles. The smallest absolute Gasteiger partial charge is 0.180 e. The van der Waals surface area contributed by atoms with Gasteiger partial charge in [-0.25, -0.2) is 8.42 Å². The Morgan fingerprint density at radius 3 is 2.60 bits per heavy atom. The fraction of sp³-hybridized carbons (Fsp3) is 0.400. The first-order chi connectivity index (χ1) is 6.97. The van der Waals surface area contributed by atoms with Crippen LogP contribution < -0.4 is 5.73 Å². The molecule has 0 unspecified atom stereocenters. The molecule has 0 radical (unpaired) electrons. The maximum absolute atomic E-state index is 11.8. The largest absolute Gasteiger partial charge is 0.399 e. The van der Waals surface area contributed by atoms with E-state index in [0.717, 1.165) is 0 Å². The number of benzene rings is 1. The van der Waals surface area contributed by atoms with Crippen molar-refractivity contribution < 1.29 is 13.2 Å². The van der Waals surface area contributed by atoms with Crippen molar-refractivity contribution in [2.45, 2.75) is 11.8 Å². The molecule has 0 aliphatic rings. The highest BCUT2D eigenvalue weighted by atomic mass is 32.2. The topological polar surface area (TPSA) is 69.4 Å². The third-order valence-electron chi connectivity index (χ3n) is 2.09. The number of hydrogen-bond donors (Lipinski definition) is 1. The van der Waals surface area contributed by atoms with E-state index in [0.29, 0.717) is 16.1 Å². The quantitative estimate of drug-likeness (QED) is 0.782. The molecule has 0 bridgehead atoms. The highest BCUT2D eigenvalue weighted by Crippen LogP contribution is 2.18. The van der Waals surface area contributed by atoms with E-state index in [2.05, 4.69) is 0 Å². The van der Waals surface area contributed by atoms with Gasteiger partial charge in [-0.15, -0.1) is 0 Å². The van der Waals surface area contributed by atoms with Gasteiger partial charge in [-0.3, -0.25) is 0 Å². The molecule has 1 rings (SSSR count). The van der Waals surface area contributed by atoms with Gasteiger partial charge in [0.15, 0.2) is 9.84 Å². The molecule has 0 saturated carbocycles. The lowest BCUT2D eigenvalue weighted by molar-refractivity contribution is 0.217. The second-order valence-electron chi connectivity index (χ2n) is 3.34. The van der Waals surface area contributed by atoms with Gasteiger partial charge in [-0.2, -0.15) is 0 Å². The number of aryl methyl sites for hydroxylation is 1. The maximum atomic E-state index is 11.8. The monoisotopic (exact) mass is 229 g/mol. The van der Waals surface area contributed by atoms with Crippen LogP contribution in [0.3, 0.4) is 0 Å². The zero-order valence-corrected chi connectivity index (χ0v) is 9.67. The molecule has 0 aromatic heterocycles. The highest BCUT2D eigenvalue weighted by molar-refractivity contribution is 7.91. The van der Waals surface area contributed by atoms with Crippen LogP contribution in [0.2, 0.25) is 0 Å². The Kier molecular flexibility index (Phi) is 3.71. The lowest BCUT2D eigenvalue weighted by Gasteiger charge is -2.07. The summed E-state index contributed by atoms with van der Waals surface area (Å²) in [5, 5.41) is 0. The van der Waals surface area contributed by atoms with Crippen molar-refractivity contribution in [2.75, 3.05) is 25.2 Å². The second-order valence-corrected chi connectivity index (χ2v) is 5.41. The van der Waals surface area contributed by atoms with E-state index < -0.39 is 9.84 Å². The van der Waals surface area contributed by atoms with Crippen molar-refractivity contribution >= 4 is 15.5 Å². The summed E-state index contributed by atoms with van der Waals surface area (Å²) in [5.41, 5.74) is 6.79. The lowest BCUT2D eigenvalue weighted by atomic mass is 10.2. The van der Waals surface area contributed by atoms with Crippen molar-refractivity contribution in [2.24, 2.45) is 0 Å². The van der Waals surface area contributed by atoms with Gasteiger partial charge < -0.3 is 10.5 Å². The summed E-state index contributed by atoms with van der Waals surface area (Å²) in [6.45, 7) is 1.93. The van der Waals surface area contributed by atoms with Gasteiger partial charge in [0.1, 0.15) is 0 Å². The summed E-state index contributed by atoms with van der Waals surface area (Å²) in [4.78, 5) is 0.328. The zero-order valence-electron chi connectivity index (χ0n) is 8.86. The van der Waals surface area contributed by atoms with Crippen LogP contribution in [0.15, 0.2) is 23.1 Å². The van der Waals surface area contributed by atoms with E-state index in [9.17, 15) is 8.42 Å². The predicted octanol–water partition coefficient (Wildman–Crippen LogP) is 0.997. The summed E-state index contributed by atoms with van der Waals surface area (Å²) < 4.78 is 28.4. The minimum atomic E-state index is -3.25. The van der Waals surface area contributed by atoms with Crippen LogP contribution in [0.25, 0.3) is 0 Å². The molecule has 0 heterocycles. The fourth-order valence-electron chi connectivity index (χ4n) is 1.32. The van der Waals surface area contributed by atoms with Crippen LogP contribution in [0, 0.1) is 6.92 Å². The Morgan fingerprint density at radius 1 is 1.40 bits per heavy atom. The Morgan fingerprint density at radius 2 is 2.07 bits per heavy atom. The van der Waals surface area contributed by atoms with Crippen molar-refractivity contribution in [3.8, 4) is 0 Å². The van der Waals surface area contributed by atoms with Crippen LogP contribution >= 0.6 is 0 Å². The first-order valence-corrected chi connectivity index (χ1v) is 6.20. The van der Waals surface area contributed by atoms with Crippen molar-refractivity contribution in [1.82, 2.24) is 0 Å². The molecule has 1 aromatic rings. The summed E-state index contributed by atoms with van der Waals surface area (Å²) >= 11 is 0. The molecule has 84 valence electrons. The van der Waals surface area contributed by atoms with E-state index in [1.165, 1.54) is 13.2 Å². The Balaban J connectivity index is 3.05. The molecule has 1 aromatic carbocycles. The van der Waals surface area contributed by atoms with Gasteiger partial charge in [0.05, 0.1) is 17.3 Å². The molecule has 0 aliphatic heterocycles. The molecule has 0 amide bonds. The third kappa shape index (κ3) is 2.94. The minimum absolute atomic E-state index is 0.00570.